The van der Waals surface area contributed by atoms with E-state index in [1.165, 1.54) is 24.8 Å². The molecule has 0 N–H and O–H groups in total. The first-order chi connectivity index (χ1) is 8.38. The van der Waals surface area contributed by atoms with Gasteiger partial charge >= 0.3 is 0 Å². The van der Waals surface area contributed by atoms with E-state index in [0.717, 1.165) is 25.9 Å². The van der Waals surface area contributed by atoms with Crippen LogP contribution in [0, 0.1) is 6.92 Å². The Hall–Kier alpha value is -0.820. The summed E-state index contributed by atoms with van der Waals surface area (Å²) in [7, 11) is 0. The molecule has 1 aromatic carbocycles. The molecule has 0 aliphatic rings. The first-order valence-electron chi connectivity index (χ1n) is 6.84. The second-order valence-electron chi connectivity index (χ2n) is 4.47. The van der Waals surface area contributed by atoms with E-state index in [1.807, 2.05) is 0 Å². The third kappa shape index (κ3) is 5.88. The Balaban J connectivity index is 2.43. The summed E-state index contributed by atoms with van der Waals surface area (Å²) in [5.74, 6) is 0. The van der Waals surface area contributed by atoms with Crippen molar-refractivity contribution in [2.45, 2.75) is 51.6 Å². The van der Waals surface area contributed by atoms with Gasteiger partial charge < -0.3 is 4.74 Å². The molecule has 0 saturated carbocycles. The molecule has 1 unspecified atom stereocenters. The molecule has 1 heteroatoms. The Labute approximate surface area is 106 Å². The molecule has 0 aliphatic heterocycles. The van der Waals surface area contributed by atoms with Crippen LogP contribution >= 0.6 is 0 Å². The van der Waals surface area contributed by atoms with Crippen LogP contribution < -0.4 is 0 Å². The van der Waals surface area contributed by atoms with Crippen LogP contribution in [0.25, 0.3) is 0 Å². The average molecular weight is 233 g/mol. The van der Waals surface area contributed by atoms with Gasteiger partial charge in [0.2, 0.25) is 0 Å². The van der Waals surface area contributed by atoms with Gasteiger partial charge in [0.15, 0.2) is 0 Å². The number of hydrogen-bond acceptors (Lipinski definition) is 1. The minimum absolute atomic E-state index is 0.259. The van der Waals surface area contributed by atoms with Crippen molar-refractivity contribution in [2.24, 2.45) is 0 Å². The fraction of sp³-hybridized carbons (Fsp3) is 0.562. The fourth-order valence-electron chi connectivity index (χ4n) is 1.92. The van der Waals surface area contributed by atoms with E-state index >= 15 is 0 Å². The van der Waals surface area contributed by atoms with Crippen LogP contribution in [-0.4, -0.2) is 6.61 Å². The molecule has 95 valence electrons. The molecule has 0 aromatic heterocycles. The number of hydrogen-bond donors (Lipinski definition) is 0. The molecule has 17 heavy (non-hydrogen) atoms. The Morgan fingerprint density at radius 1 is 1.12 bits per heavy atom. The van der Waals surface area contributed by atoms with Gasteiger partial charge in [-0.15, -0.1) is 0 Å². The molecule has 0 saturated heterocycles. The van der Waals surface area contributed by atoms with Crippen molar-refractivity contribution >= 4 is 0 Å². The Bertz CT molecular complexity index is 268. The van der Waals surface area contributed by atoms with Crippen LogP contribution in [0.1, 0.15) is 57.1 Å². The lowest BCUT2D eigenvalue weighted by Gasteiger charge is -2.18. The van der Waals surface area contributed by atoms with E-state index in [-0.39, 0.29) is 6.10 Å². The third-order valence-corrected chi connectivity index (χ3v) is 2.95. The van der Waals surface area contributed by atoms with Gasteiger partial charge in [-0.3, -0.25) is 0 Å². The molecule has 0 spiro atoms. The first kappa shape index (κ1) is 14.2. The van der Waals surface area contributed by atoms with Gasteiger partial charge in [0.05, 0.1) is 6.10 Å². The molecule has 1 nitrogen and oxygen atoms in total. The lowest BCUT2D eigenvalue weighted by atomic mass is 10.0. The number of unbranched alkanes of at least 4 members (excludes halogenated alkanes) is 3. The van der Waals surface area contributed by atoms with E-state index in [1.54, 1.807) is 0 Å². The van der Waals surface area contributed by atoms with Crippen molar-refractivity contribution in [1.29, 1.82) is 0 Å². The predicted molar refractivity (Wildman–Crippen MR) is 73.9 cm³/mol. The predicted octanol–water partition coefficient (Wildman–Crippen LogP) is 4.94. The molecule has 0 fully saturated rings. The highest BCUT2D eigenvalue weighted by molar-refractivity contribution is 5.17. The normalized spacial score (nSPS) is 12.6. The molecule has 0 bridgehead atoms. The van der Waals surface area contributed by atoms with Crippen molar-refractivity contribution in [2.75, 3.05) is 6.61 Å². The maximum absolute atomic E-state index is 6.00. The highest BCUT2D eigenvalue weighted by Crippen LogP contribution is 2.23. The van der Waals surface area contributed by atoms with Gasteiger partial charge in [0, 0.05) is 6.61 Å². The molecule has 0 aliphatic carbocycles. The molecular weight excluding hydrogens is 208 g/mol. The molecule has 1 atom stereocenters. The van der Waals surface area contributed by atoms with Crippen LogP contribution in [0.2, 0.25) is 0 Å². The standard InChI is InChI=1S/C16H25O/c1-3-5-10-14-17-16(13-6-4-2)15-11-8-7-9-12-15/h7-9,11-12,16H,2-6,10,13-14H2,1H3. The van der Waals surface area contributed by atoms with Crippen LogP contribution in [0.4, 0.5) is 0 Å². The summed E-state index contributed by atoms with van der Waals surface area (Å²) >= 11 is 0. The zero-order chi connectivity index (χ0) is 12.3. The van der Waals surface area contributed by atoms with Gasteiger partial charge in [0.25, 0.3) is 0 Å². The van der Waals surface area contributed by atoms with Gasteiger partial charge in [0.1, 0.15) is 0 Å². The molecular formula is C16H25O. The summed E-state index contributed by atoms with van der Waals surface area (Å²) in [4.78, 5) is 0. The lowest BCUT2D eigenvalue weighted by Crippen LogP contribution is -2.05. The largest absolute Gasteiger partial charge is 0.374 e. The quantitative estimate of drug-likeness (QED) is 0.549. The zero-order valence-corrected chi connectivity index (χ0v) is 11.0. The maximum Gasteiger partial charge on any atom is 0.0824 e. The Kier molecular flexibility index (Phi) is 7.74. The Morgan fingerprint density at radius 2 is 1.88 bits per heavy atom. The zero-order valence-electron chi connectivity index (χ0n) is 11.0. The van der Waals surface area contributed by atoms with Crippen LogP contribution in [-0.2, 0) is 4.74 Å². The smallest absolute Gasteiger partial charge is 0.0824 e. The van der Waals surface area contributed by atoms with E-state index in [9.17, 15) is 0 Å². The van der Waals surface area contributed by atoms with Crippen molar-refractivity contribution in [3.05, 3.63) is 42.8 Å². The molecule has 1 rings (SSSR count). The first-order valence-corrected chi connectivity index (χ1v) is 6.84. The number of rotatable bonds is 9. The highest BCUT2D eigenvalue weighted by atomic mass is 16.5. The molecule has 1 radical (unpaired) electrons. The van der Waals surface area contributed by atoms with Crippen molar-refractivity contribution in [1.82, 2.24) is 0 Å². The topological polar surface area (TPSA) is 9.23 Å². The van der Waals surface area contributed by atoms with Crippen LogP contribution in [0.15, 0.2) is 30.3 Å². The second kappa shape index (κ2) is 9.23. The van der Waals surface area contributed by atoms with Crippen LogP contribution in [0.3, 0.4) is 0 Å². The minimum Gasteiger partial charge on any atom is -0.374 e. The summed E-state index contributed by atoms with van der Waals surface area (Å²) in [6, 6.07) is 10.5. The number of ether oxygens (including phenoxy) is 1. The van der Waals surface area contributed by atoms with Gasteiger partial charge in [-0.1, -0.05) is 69.9 Å². The van der Waals surface area contributed by atoms with E-state index in [4.69, 9.17) is 4.74 Å². The third-order valence-electron chi connectivity index (χ3n) is 2.95. The van der Waals surface area contributed by atoms with Crippen molar-refractivity contribution in [3.63, 3.8) is 0 Å². The van der Waals surface area contributed by atoms with E-state index in [2.05, 4.69) is 44.2 Å². The SMILES string of the molecule is [CH2]CCCC(OCCCCC)c1ccccc1. The Morgan fingerprint density at radius 3 is 2.53 bits per heavy atom. The van der Waals surface area contributed by atoms with Gasteiger partial charge in [-0.25, -0.2) is 0 Å². The fourth-order valence-corrected chi connectivity index (χ4v) is 1.92. The molecule has 0 heterocycles. The summed E-state index contributed by atoms with van der Waals surface area (Å²) in [5.41, 5.74) is 1.30. The highest BCUT2D eigenvalue weighted by Gasteiger charge is 2.10. The number of benzene rings is 1. The van der Waals surface area contributed by atoms with Crippen LogP contribution in [0.5, 0.6) is 0 Å². The van der Waals surface area contributed by atoms with Gasteiger partial charge in [-0.2, -0.15) is 0 Å². The second-order valence-corrected chi connectivity index (χ2v) is 4.47. The summed E-state index contributed by atoms with van der Waals surface area (Å²) in [6.07, 6.45) is 7.14. The summed E-state index contributed by atoms with van der Waals surface area (Å²) in [5, 5.41) is 0. The average Bonchev–Trinajstić information content (AvgIpc) is 2.39. The van der Waals surface area contributed by atoms with Gasteiger partial charge in [-0.05, 0) is 18.4 Å². The monoisotopic (exact) mass is 233 g/mol. The lowest BCUT2D eigenvalue weighted by molar-refractivity contribution is 0.0429. The maximum atomic E-state index is 6.00. The van der Waals surface area contributed by atoms with Crippen molar-refractivity contribution < 1.29 is 4.74 Å². The summed E-state index contributed by atoms with van der Waals surface area (Å²) < 4.78 is 6.00. The molecule has 0 amide bonds. The minimum atomic E-state index is 0.259. The molecule has 1 aromatic rings. The van der Waals surface area contributed by atoms with Crippen molar-refractivity contribution in [3.8, 4) is 0 Å². The summed E-state index contributed by atoms with van der Waals surface area (Å²) in [6.45, 7) is 7.00. The van der Waals surface area contributed by atoms with E-state index in [0.29, 0.717) is 0 Å². The van der Waals surface area contributed by atoms with E-state index < -0.39 is 0 Å².